The van der Waals surface area contributed by atoms with Gasteiger partial charge >= 0.3 is 0 Å². The molecule has 2 aromatic carbocycles. The van der Waals surface area contributed by atoms with Crippen molar-refractivity contribution in [3.8, 4) is 0 Å². The number of halogens is 3. The summed E-state index contributed by atoms with van der Waals surface area (Å²) in [7, 11) is 0. The molecule has 0 saturated carbocycles. The third-order valence-electron chi connectivity index (χ3n) is 2.51. The zero-order valence-corrected chi connectivity index (χ0v) is 9.79. The molecule has 0 radical (unpaired) electrons. The van der Waals surface area contributed by atoms with E-state index in [9.17, 15) is 18.0 Å². The summed E-state index contributed by atoms with van der Waals surface area (Å²) in [5.41, 5.74) is 0.0743. The maximum absolute atomic E-state index is 13.3. The van der Waals surface area contributed by atoms with Gasteiger partial charge in [-0.25, -0.2) is 13.2 Å². The Morgan fingerprint density at radius 1 is 1.00 bits per heavy atom. The lowest BCUT2D eigenvalue weighted by Crippen LogP contribution is -2.16. The van der Waals surface area contributed by atoms with E-state index in [1.165, 1.54) is 18.2 Å². The molecular weight excluding hydrogens is 255 g/mol. The van der Waals surface area contributed by atoms with Crippen LogP contribution < -0.4 is 5.32 Å². The average Bonchev–Trinajstić information content (AvgIpc) is 2.36. The molecule has 98 valence electrons. The van der Waals surface area contributed by atoms with Crippen LogP contribution in [0, 0.1) is 17.5 Å². The van der Waals surface area contributed by atoms with Gasteiger partial charge in [-0.2, -0.15) is 0 Å². The average molecular weight is 265 g/mol. The van der Waals surface area contributed by atoms with E-state index in [0.717, 1.165) is 12.1 Å². The SMILES string of the molecule is O=C(Cc1ccccc1F)Nc1ccc(F)cc1F. The van der Waals surface area contributed by atoms with Gasteiger partial charge in [-0.05, 0) is 23.8 Å². The van der Waals surface area contributed by atoms with Crippen LogP contribution in [0.15, 0.2) is 42.5 Å². The second-order valence-electron chi connectivity index (χ2n) is 3.94. The van der Waals surface area contributed by atoms with E-state index in [0.29, 0.717) is 6.07 Å². The maximum atomic E-state index is 13.3. The molecule has 0 aromatic heterocycles. The van der Waals surface area contributed by atoms with E-state index in [1.807, 2.05) is 0 Å². The Morgan fingerprint density at radius 3 is 2.42 bits per heavy atom. The summed E-state index contributed by atoms with van der Waals surface area (Å²) >= 11 is 0. The Bertz CT molecular complexity index is 613. The van der Waals surface area contributed by atoms with Crippen LogP contribution in [0.5, 0.6) is 0 Å². The molecule has 1 N–H and O–H groups in total. The Hall–Kier alpha value is -2.30. The van der Waals surface area contributed by atoms with Gasteiger partial charge in [-0.3, -0.25) is 4.79 Å². The van der Waals surface area contributed by atoms with Crippen LogP contribution in [0.1, 0.15) is 5.56 Å². The fraction of sp³-hybridized carbons (Fsp3) is 0.0714. The number of hydrogen-bond acceptors (Lipinski definition) is 1. The largest absolute Gasteiger partial charge is 0.323 e. The van der Waals surface area contributed by atoms with Crippen molar-refractivity contribution in [2.45, 2.75) is 6.42 Å². The molecule has 5 heteroatoms. The number of anilines is 1. The molecule has 2 aromatic rings. The van der Waals surface area contributed by atoms with Crippen LogP contribution in [0.3, 0.4) is 0 Å². The van der Waals surface area contributed by atoms with Crippen molar-refractivity contribution in [3.05, 3.63) is 65.5 Å². The predicted molar refractivity (Wildman–Crippen MR) is 65.1 cm³/mol. The van der Waals surface area contributed by atoms with Gasteiger partial charge < -0.3 is 5.32 Å². The van der Waals surface area contributed by atoms with Crippen molar-refractivity contribution in [2.24, 2.45) is 0 Å². The van der Waals surface area contributed by atoms with E-state index < -0.39 is 23.4 Å². The summed E-state index contributed by atoms with van der Waals surface area (Å²) in [6.07, 6.45) is -0.219. The molecular formula is C14H10F3NO. The monoisotopic (exact) mass is 265 g/mol. The molecule has 0 fully saturated rings. The highest BCUT2D eigenvalue weighted by molar-refractivity contribution is 5.92. The second-order valence-corrected chi connectivity index (χ2v) is 3.94. The molecule has 0 atom stereocenters. The molecule has 0 heterocycles. The molecule has 0 unspecified atom stereocenters. The highest BCUT2D eigenvalue weighted by atomic mass is 19.1. The van der Waals surface area contributed by atoms with Gasteiger partial charge in [0.15, 0.2) is 0 Å². The zero-order chi connectivity index (χ0) is 13.8. The summed E-state index contributed by atoms with van der Waals surface area (Å²) < 4.78 is 39.3. The van der Waals surface area contributed by atoms with Crippen LogP contribution in [0.25, 0.3) is 0 Å². The lowest BCUT2D eigenvalue weighted by atomic mass is 10.1. The molecule has 0 aliphatic heterocycles. The summed E-state index contributed by atoms with van der Waals surface area (Å²) in [5.74, 6) is -2.68. The van der Waals surface area contributed by atoms with Gasteiger partial charge in [-0.15, -0.1) is 0 Å². The molecule has 1 amide bonds. The number of amides is 1. The fourth-order valence-electron chi connectivity index (χ4n) is 1.60. The smallest absolute Gasteiger partial charge is 0.228 e. The topological polar surface area (TPSA) is 29.1 Å². The third-order valence-corrected chi connectivity index (χ3v) is 2.51. The molecule has 0 aliphatic carbocycles. The molecule has 19 heavy (non-hydrogen) atoms. The molecule has 0 bridgehead atoms. The first-order valence-corrected chi connectivity index (χ1v) is 5.54. The van der Waals surface area contributed by atoms with Crippen molar-refractivity contribution < 1.29 is 18.0 Å². The quantitative estimate of drug-likeness (QED) is 0.906. The number of nitrogens with one attached hydrogen (secondary N) is 1. The van der Waals surface area contributed by atoms with Gasteiger partial charge in [0.1, 0.15) is 17.5 Å². The number of carbonyl (C=O) groups excluding carboxylic acids is 1. The van der Waals surface area contributed by atoms with Gasteiger partial charge in [0.05, 0.1) is 12.1 Å². The summed E-state index contributed by atoms with van der Waals surface area (Å²) in [6, 6.07) is 8.63. The highest BCUT2D eigenvalue weighted by Gasteiger charge is 2.10. The second kappa shape index (κ2) is 5.56. The third kappa shape index (κ3) is 3.34. The number of benzene rings is 2. The Labute approximate surface area is 107 Å². The standard InChI is InChI=1S/C14H10F3NO/c15-10-5-6-13(12(17)8-10)18-14(19)7-9-3-1-2-4-11(9)16/h1-6,8H,7H2,(H,18,19). The van der Waals surface area contributed by atoms with Crippen LogP contribution in [-0.4, -0.2) is 5.91 Å². The summed E-state index contributed by atoms with van der Waals surface area (Å²) in [4.78, 5) is 11.6. The molecule has 0 spiro atoms. The minimum Gasteiger partial charge on any atom is -0.323 e. The van der Waals surface area contributed by atoms with E-state index in [2.05, 4.69) is 5.32 Å². The van der Waals surface area contributed by atoms with Crippen LogP contribution in [-0.2, 0) is 11.2 Å². The van der Waals surface area contributed by atoms with Gasteiger partial charge in [0.25, 0.3) is 0 Å². The lowest BCUT2D eigenvalue weighted by molar-refractivity contribution is -0.115. The molecule has 0 aliphatic rings. The molecule has 2 rings (SSSR count). The van der Waals surface area contributed by atoms with Crippen LogP contribution in [0.2, 0.25) is 0 Å². The summed E-state index contributed by atoms with van der Waals surface area (Å²) in [5, 5.41) is 2.27. The van der Waals surface area contributed by atoms with E-state index in [-0.39, 0.29) is 17.7 Å². The molecule has 2 nitrogen and oxygen atoms in total. The van der Waals surface area contributed by atoms with Gasteiger partial charge in [0, 0.05) is 6.07 Å². The van der Waals surface area contributed by atoms with E-state index >= 15 is 0 Å². The van der Waals surface area contributed by atoms with Crippen molar-refractivity contribution in [1.29, 1.82) is 0 Å². The van der Waals surface area contributed by atoms with Gasteiger partial charge in [0.2, 0.25) is 5.91 Å². The fourth-order valence-corrected chi connectivity index (χ4v) is 1.60. The van der Waals surface area contributed by atoms with Crippen LogP contribution >= 0.6 is 0 Å². The normalized spacial score (nSPS) is 10.3. The predicted octanol–water partition coefficient (Wildman–Crippen LogP) is 3.29. The first-order valence-electron chi connectivity index (χ1n) is 5.54. The van der Waals surface area contributed by atoms with Crippen molar-refractivity contribution in [3.63, 3.8) is 0 Å². The number of rotatable bonds is 3. The summed E-state index contributed by atoms with van der Waals surface area (Å²) in [6.45, 7) is 0. The number of carbonyl (C=O) groups is 1. The minimum atomic E-state index is -0.873. The Kier molecular flexibility index (Phi) is 3.85. The van der Waals surface area contributed by atoms with Crippen molar-refractivity contribution >= 4 is 11.6 Å². The first-order chi connectivity index (χ1) is 9.06. The van der Waals surface area contributed by atoms with Gasteiger partial charge in [-0.1, -0.05) is 18.2 Å². The van der Waals surface area contributed by atoms with E-state index in [4.69, 9.17) is 0 Å². The first kappa shape index (κ1) is 13.1. The van der Waals surface area contributed by atoms with Crippen molar-refractivity contribution in [1.82, 2.24) is 0 Å². The van der Waals surface area contributed by atoms with E-state index in [1.54, 1.807) is 6.07 Å². The van der Waals surface area contributed by atoms with Crippen LogP contribution in [0.4, 0.5) is 18.9 Å². The Morgan fingerprint density at radius 2 is 1.74 bits per heavy atom. The highest BCUT2D eigenvalue weighted by Crippen LogP contribution is 2.15. The number of hydrogen-bond donors (Lipinski definition) is 1. The Balaban J connectivity index is 2.08. The maximum Gasteiger partial charge on any atom is 0.228 e. The minimum absolute atomic E-state index is 0.136. The molecule has 0 saturated heterocycles. The van der Waals surface area contributed by atoms with Crippen molar-refractivity contribution in [2.75, 3.05) is 5.32 Å². The lowest BCUT2D eigenvalue weighted by Gasteiger charge is -2.07. The zero-order valence-electron chi connectivity index (χ0n) is 9.79.